The molecular weight excluding hydrogens is 388 g/mol. The van der Waals surface area contributed by atoms with Crippen LogP contribution in [0.4, 0.5) is 0 Å². The minimum absolute atomic E-state index is 0.173. The summed E-state index contributed by atoms with van der Waals surface area (Å²) in [5, 5.41) is 16.5. The largest absolute Gasteiger partial charge is 0.508 e. The van der Waals surface area contributed by atoms with E-state index >= 15 is 0 Å². The predicted molar refractivity (Wildman–Crippen MR) is 125 cm³/mol. The van der Waals surface area contributed by atoms with E-state index in [1.807, 2.05) is 26.0 Å². The number of benzene rings is 2. The third-order valence-electron chi connectivity index (χ3n) is 5.78. The number of nitrogens with one attached hydrogen (secondary N) is 2. The highest BCUT2D eigenvalue weighted by Gasteiger charge is 2.30. The number of aromatic hydroxyl groups is 1. The van der Waals surface area contributed by atoms with E-state index in [1.54, 1.807) is 13.2 Å². The van der Waals surface area contributed by atoms with Gasteiger partial charge in [-0.25, -0.2) is 0 Å². The Kier molecular flexibility index (Phi) is 7.40. The molecule has 164 valence electrons. The lowest BCUT2D eigenvalue weighted by Gasteiger charge is -2.26. The topological polar surface area (TPSA) is 62.8 Å². The number of ether oxygens (including phenoxy) is 2. The summed E-state index contributed by atoms with van der Waals surface area (Å²) in [6, 6.07) is 13.8. The zero-order valence-electron chi connectivity index (χ0n) is 18.6. The van der Waals surface area contributed by atoms with Crippen molar-refractivity contribution < 1.29 is 14.6 Å². The molecule has 5 heteroatoms. The highest BCUT2D eigenvalue weighted by atomic mass is 16.5. The van der Waals surface area contributed by atoms with Gasteiger partial charge in [0, 0.05) is 32.3 Å². The average Bonchev–Trinajstić information content (AvgIpc) is 2.98. The lowest BCUT2D eigenvalue weighted by molar-refractivity contribution is -0.0596. The molecule has 1 aliphatic rings. The molecule has 3 atom stereocenters. The fraction of sp³-hybridized carbons (Fsp3) is 0.385. The molecule has 1 saturated heterocycles. The maximum Gasteiger partial charge on any atom is 0.118 e. The second-order valence-corrected chi connectivity index (χ2v) is 8.38. The Labute approximate surface area is 185 Å². The van der Waals surface area contributed by atoms with Crippen molar-refractivity contribution in [2.24, 2.45) is 0 Å². The van der Waals surface area contributed by atoms with Crippen LogP contribution < -0.4 is 10.6 Å². The van der Waals surface area contributed by atoms with Crippen LogP contribution in [0.3, 0.4) is 0 Å². The molecule has 2 aromatic carbocycles. The van der Waals surface area contributed by atoms with Crippen molar-refractivity contribution in [1.82, 2.24) is 10.6 Å². The van der Waals surface area contributed by atoms with Gasteiger partial charge in [0.2, 0.25) is 0 Å². The first-order chi connectivity index (χ1) is 14.8. The molecule has 1 fully saturated rings. The summed E-state index contributed by atoms with van der Waals surface area (Å²) in [6.07, 6.45) is 6.30. The lowest BCUT2D eigenvalue weighted by atomic mass is 9.99. The summed E-state index contributed by atoms with van der Waals surface area (Å²) in [5.74, 6) is 3.13. The fourth-order valence-electron chi connectivity index (χ4n) is 3.58. The molecule has 0 spiro atoms. The second-order valence-electron chi connectivity index (χ2n) is 8.38. The molecule has 0 bridgehead atoms. The zero-order valence-corrected chi connectivity index (χ0v) is 18.6. The van der Waals surface area contributed by atoms with Gasteiger partial charge in [0.1, 0.15) is 17.5 Å². The van der Waals surface area contributed by atoms with Crippen LogP contribution in [0.25, 0.3) is 11.1 Å². The molecule has 0 saturated carbocycles. The first-order valence-electron chi connectivity index (χ1n) is 10.5. The molecule has 2 aromatic rings. The fourth-order valence-corrected chi connectivity index (χ4v) is 3.58. The van der Waals surface area contributed by atoms with E-state index in [0.717, 1.165) is 34.5 Å². The molecule has 5 nitrogen and oxygen atoms in total. The lowest BCUT2D eigenvalue weighted by Crippen LogP contribution is -2.41. The normalized spacial score (nSPS) is 22.2. The Bertz CT molecular complexity index is 948. The van der Waals surface area contributed by atoms with Crippen LogP contribution in [0.1, 0.15) is 18.1 Å². The van der Waals surface area contributed by atoms with Crippen molar-refractivity contribution in [2.75, 3.05) is 26.8 Å². The molecule has 0 amide bonds. The molecular formula is C26H32N2O3. The minimum Gasteiger partial charge on any atom is -0.508 e. The van der Waals surface area contributed by atoms with E-state index in [0.29, 0.717) is 25.3 Å². The second kappa shape index (κ2) is 10.0. The third-order valence-corrected chi connectivity index (χ3v) is 5.78. The molecule has 1 heterocycles. The Morgan fingerprint density at radius 3 is 2.71 bits per heavy atom. The highest BCUT2D eigenvalue weighted by molar-refractivity contribution is 5.65. The van der Waals surface area contributed by atoms with E-state index in [-0.39, 0.29) is 17.7 Å². The van der Waals surface area contributed by atoms with Gasteiger partial charge in [-0.1, -0.05) is 42.8 Å². The van der Waals surface area contributed by atoms with Gasteiger partial charge >= 0.3 is 0 Å². The number of aryl methyl sites for hydroxylation is 1. The average molecular weight is 421 g/mol. The van der Waals surface area contributed by atoms with Crippen LogP contribution in [-0.2, 0) is 15.9 Å². The van der Waals surface area contributed by atoms with E-state index in [4.69, 9.17) is 15.9 Å². The van der Waals surface area contributed by atoms with Crippen LogP contribution in [0.2, 0.25) is 0 Å². The number of phenolic OH excluding ortho intramolecular Hbond substituents is 1. The summed E-state index contributed by atoms with van der Waals surface area (Å²) in [4.78, 5) is 0. The Hall–Kier alpha value is -2.78. The van der Waals surface area contributed by atoms with Gasteiger partial charge in [0.15, 0.2) is 0 Å². The van der Waals surface area contributed by atoms with Gasteiger partial charge in [-0.15, -0.1) is 6.42 Å². The molecule has 0 radical (unpaired) electrons. The van der Waals surface area contributed by atoms with Crippen LogP contribution >= 0.6 is 0 Å². The number of methoxy groups -OCH3 is 1. The SMILES string of the molecule is C#CC(Cc1ccc(-c2ccc(O)c(C)c2)cc1)NC(=C)C1CNCC(C)(OC)CO1. The summed E-state index contributed by atoms with van der Waals surface area (Å²) >= 11 is 0. The van der Waals surface area contributed by atoms with Gasteiger partial charge in [0.05, 0.1) is 12.6 Å². The summed E-state index contributed by atoms with van der Waals surface area (Å²) in [7, 11) is 1.70. The minimum atomic E-state index is -0.349. The number of terminal acetylenes is 1. The van der Waals surface area contributed by atoms with E-state index < -0.39 is 0 Å². The molecule has 0 aliphatic carbocycles. The summed E-state index contributed by atoms with van der Waals surface area (Å²) in [5.41, 5.74) is 4.58. The molecule has 3 N–H and O–H groups in total. The van der Waals surface area contributed by atoms with Crippen LogP contribution in [0, 0.1) is 19.3 Å². The van der Waals surface area contributed by atoms with Crippen molar-refractivity contribution in [3.05, 3.63) is 65.9 Å². The van der Waals surface area contributed by atoms with Crippen molar-refractivity contribution in [1.29, 1.82) is 0 Å². The van der Waals surface area contributed by atoms with Gasteiger partial charge < -0.3 is 25.2 Å². The zero-order chi connectivity index (χ0) is 22.4. The quantitative estimate of drug-likeness (QED) is 0.599. The smallest absolute Gasteiger partial charge is 0.118 e. The monoisotopic (exact) mass is 420 g/mol. The summed E-state index contributed by atoms with van der Waals surface area (Å²) < 4.78 is 11.6. The van der Waals surface area contributed by atoms with Crippen molar-refractivity contribution in [2.45, 2.75) is 38.0 Å². The van der Waals surface area contributed by atoms with Crippen LogP contribution in [0.15, 0.2) is 54.7 Å². The van der Waals surface area contributed by atoms with Crippen molar-refractivity contribution >= 4 is 0 Å². The maximum atomic E-state index is 9.73. The predicted octanol–water partition coefficient (Wildman–Crippen LogP) is 3.41. The van der Waals surface area contributed by atoms with E-state index in [2.05, 4.69) is 47.4 Å². The number of hydrogen-bond donors (Lipinski definition) is 3. The number of rotatable bonds is 7. The first-order valence-corrected chi connectivity index (χ1v) is 10.5. The van der Waals surface area contributed by atoms with Crippen LogP contribution in [0.5, 0.6) is 5.75 Å². The van der Waals surface area contributed by atoms with Crippen molar-refractivity contribution in [3.63, 3.8) is 0 Å². The highest BCUT2D eigenvalue weighted by Crippen LogP contribution is 2.26. The molecule has 1 aliphatic heterocycles. The Morgan fingerprint density at radius 2 is 2.06 bits per heavy atom. The number of phenols is 1. The standard InChI is InChI=1S/C26H32N2O3/c1-6-23(28-19(3)25-15-27-16-26(4,30-5)17-31-25)14-20-7-9-21(10-8-20)22-11-12-24(29)18(2)13-22/h1,7-13,23,25,27-29H,3,14-17H2,2,4-5H3. The van der Waals surface area contributed by atoms with Gasteiger partial charge in [0.25, 0.3) is 0 Å². The van der Waals surface area contributed by atoms with Crippen LogP contribution in [-0.4, -0.2) is 49.7 Å². The van der Waals surface area contributed by atoms with Gasteiger partial charge in [-0.3, -0.25) is 0 Å². The Morgan fingerprint density at radius 1 is 1.35 bits per heavy atom. The van der Waals surface area contributed by atoms with E-state index in [1.165, 1.54) is 0 Å². The Balaban J connectivity index is 1.60. The molecule has 3 rings (SSSR count). The first kappa shape index (κ1) is 22.9. The summed E-state index contributed by atoms with van der Waals surface area (Å²) in [6.45, 7) is 9.94. The number of hydrogen-bond acceptors (Lipinski definition) is 5. The molecule has 3 unspecified atom stereocenters. The van der Waals surface area contributed by atoms with E-state index in [9.17, 15) is 5.11 Å². The third kappa shape index (κ3) is 5.89. The molecule has 0 aromatic heterocycles. The maximum absolute atomic E-state index is 9.73. The van der Waals surface area contributed by atoms with Crippen molar-refractivity contribution in [3.8, 4) is 29.2 Å². The molecule has 31 heavy (non-hydrogen) atoms. The van der Waals surface area contributed by atoms with Gasteiger partial charge in [-0.2, -0.15) is 0 Å². The van der Waals surface area contributed by atoms with Gasteiger partial charge in [-0.05, 0) is 48.2 Å².